The van der Waals surface area contributed by atoms with E-state index in [2.05, 4.69) is 4.98 Å². The molecule has 0 aromatic carbocycles. The average Bonchev–Trinajstić information content (AvgIpc) is 2.44. The first-order chi connectivity index (χ1) is 10.8. The van der Waals surface area contributed by atoms with Crippen LogP contribution in [0, 0.1) is 17.8 Å². The van der Waals surface area contributed by atoms with Crippen molar-refractivity contribution in [3.63, 3.8) is 0 Å². The van der Waals surface area contributed by atoms with Crippen LogP contribution in [0.3, 0.4) is 0 Å². The number of carbonyl (C=O) groups is 2. The highest BCUT2D eigenvalue weighted by atomic mass is 16.4. The number of H-pyrrole nitrogens is 1. The highest BCUT2D eigenvalue weighted by Crippen LogP contribution is 2.24. The predicted molar refractivity (Wildman–Crippen MR) is 86.4 cm³/mol. The molecule has 2 unspecified atom stereocenters. The number of aromatic nitrogens is 1. The van der Waals surface area contributed by atoms with Gasteiger partial charge in [0.2, 0.25) is 5.56 Å². The van der Waals surface area contributed by atoms with Gasteiger partial charge in [0.15, 0.2) is 0 Å². The summed E-state index contributed by atoms with van der Waals surface area (Å²) in [6.07, 6.45) is 1.15. The van der Waals surface area contributed by atoms with Gasteiger partial charge in [-0.05, 0) is 30.7 Å². The van der Waals surface area contributed by atoms with Crippen LogP contribution in [0.4, 0.5) is 0 Å². The summed E-state index contributed by atoms with van der Waals surface area (Å²) in [4.78, 5) is 40.0. The van der Waals surface area contributed by atoms with Gasteiger partial charge in [0.1, 0.15) is 0 Å². The molecule has 0 spiro atoms. The maximum atomic E-state index is 12.6. The number of piperidine rings is 1. The monoisotopic (exact) mass is 320 g/mol. The van der Waals surface area contributed by atoms with Crippen LogP contribution in [0.15, 0.2) is 16.9 Å². The van der Waals surface area contributed by atoms with E-state index in [1.165, 1.54) is 6.07 Å². The van der Waals surface area contributed by atoms with E-state index in [4.69, 9.17) is 5.11 Å². The standard InChI is InChI=1S/C17H24N2O4/c1-10(2)6-13-7-12(8-15(20)18-13)16(21)19-5-4-14(17(22)23)11(3)9-19/h7-8,10-11,14H,4-6,9H2,1-3H3,(H,18,20)(H,22,23). The Hall–Kier alpha value is -2.11. The fourth-order valence-corrected chi connectivity index (χ4v) is 3.15. The van der Waals surface area contributed by atoms with Gasteiger partial charge in [-0.1, -0.05) is 20.8 Å². The van der Waals surface area contributed by atoms with Crippen molar-refractivity contribution in [3.8, 4) is 0 Å². The number of carbonyl (C=O) groups excluding carboxylic acids is 1. The third kappa shape index (κ3) is 4.21. The van der Waals surface area contributed by atoms with Gasteiger partial charge < -0.3 is 15.0 Å². The van der Waals surface area contributed by atoms with Gasteiger partial charge in [0.05, 0.1) is 5.92 Å². The number of amides is 1. The number of likely N-dealkylation sites (tertiary alicyclic amines) is 1. The first kappa shape index (κ1) is 17.2. The molecule has 23 heavy (non-hydrogen) atoms. The fraction of sp³-hybridized carbons (Fsp3) is 0.588. The van der Waals surface area contributed by atoms with E-state index in [9.17, 15) is 14.4 Å². The number of nitrogens with one attached hydrogen (secondary N) is 1. The summed E-state index contributed by atoms with van der Waals surface area (Å²) in [6.45, 7) is 6.76. The lowest BCUT2D eigenvalue weighted by atomic mass is 9.87. The van der Waals surface area contributed by atoms with Crippen molar-refractivity contribution in [2.45, 2.75) is 33.6 Å². The largest absolute Gasteiger partial charge is 0.481 e. The SMILES string of the molecule is CC(C)Cc1cc(C(=O)N2CCC(C(=O)O)C(C)C2)cc(=O)[nH]1. The van der Waals surface area contributed by atoms with Crippen molar-refractivity contribution in [3.05, 3.63) is 33.7 Å². The Morgan fingerprint density at radius 2 is 2.09 bits per heavy atom. The molecule has 1 fully saturated rings. The van der Waals surface area contributed by atoms with Gasteiger partial charge in [0.25, 0.3) is 5.91 Å². The second kappa shape index (κ2) is 6.98. The van der Waals surface area contributed by atoms with Crippen molar-refractivity contribution in [1.29, 1.82) is 0 Å². The smallest absolute Gasteiger partial charge is 0.306 e. The van der Waals surface area contributed by atoms with Crippen molar-refractivity contribution in [1.82, 2.24) is 9.88 Å². The number of rotatable bonds is 4. The Morgan fingerprint density at radius 1 is 1.39 bits per heavy atom. The zero-order valence-electron chi connectivity index (χ0n) is 13.8. The average molecular weight is 320 g/mol. The Labute approximate surface area is 135 Å². The van der Waals surface area contributed by atoms with E-state index in [-0.39, 0.29) is 17.4 Å². The summed E-state index contributed by atoms with van der Waals surface area (Å²) >= 11 is 0. The summed E-state index contributed by atoms with van der Waals surface area (Å²) in [5.74, 6) is -1.13. The van der Waals surface area contributed by atoms with E-state index in [1.807, 2.05) is 20.8 Å². The summed E-state index contributed by atoms with van der Waals surface area (Å²) in [6, 6.07) is 3.05. The molecule has 2 heterocycles. The first-order valence-electron chi connectivity index (χ1n) is 8.03. The lowest BCUT2D eigenvalue weighted by Gasteiger charge is -2.35. The van der Waals surface area contributed by atoms with Gasteiger partial charge in [-0.25, -0.2) is 0 Å². The number of aliphatic carboxylic acids is 1. The first-order valence-corrected chi connectivity index (χ1v) is 8.03. The third-order valence-corrected chi connectivity index (χ3v) is 4.28. The molecule has 0 aliphatic carbocycles. The molecule has 6 heteroatoms. The second-order valence-corrected chi connectivity index (χ2v) is 6.82. The number of hydrogen-bond donors (Lipinski definition) is 2. The number of pyridine rings is 1. The van der Waals surface area contributed by atoms with Crippen LogP contribution < -0.4 is 5.56 Å². The van der Waals surface area contributed by atoms with Crippen LogP contribution in [0.1, 0.15) is 43.2 Å². The Balaban J connectivity index is 2.16. The zero-order valence-corrected chi connectivity index (χ0v) is 13.8. The molecule has 2 rings (SSSR count). The molecule has 0 bridgehead atoms. The van der Waals surface area contributed by atoms with Crippen molar-refractivity contribution in [2.24, 2.45) is 17.8 Å². The number of aromatic amines is 1. The number of hydrogen-bond acceptors (Lipinski definition) is 3. The minimum Gasteiger partial charge on any atom is -0.481 e. The topological polar surface area (TPSA) is 90.5 Å². The number of nitrogens with zero attached hydrogens (tertiary/aromatic N) is 1. The van der Waals surface area contributed by atoms with Crippen molar-refractivity contribution < 1.29 is 14.7 Å². The van der Waals surface area contributed by atoms with Gasteiger partial charge >= 0.3 is 5.97 Å². The van der Waals surface area contributed by atoms with Crippen molar-refractivity contribution in [2.75, 3.05) is 13.1 Å². The highest BCUT2D eigenvalue weighted by molar-refractivity contribution is 5.94. The molecule has 1 aliphatic heterocycles. The van der Waals surface area contributed by atoms with Crippen molar-refractivity contribution >= 4 is 11.9 Å². The lowest BCUT2D eigenvalue weighted by molar-refractivity contribution is -0.145. The fourth-order valence-electron chi connectivity index (χ4n) is 3.15. The molecule has 126 valence electrons. The quantitative estimate of drug-likeness (QED) is 0.884. The summed E-state index contributed by atoms with van der Waals surface area (Å²) in [5, 5.41) is 9.16. The Bertz CT molecular complexity index is 650. The molecule has 0 radical (unpaired) electrons. The summed E-state index contributed by atoms with van der Waals surface area (Å²) in [5.41, 5.74) is 0.856. The Kier molecular flexibility index (Phi) is 5.23. The Morgan fingerprint density at radius 3 is 2.65 bits per heavy atom. The second-order valence-electron chi connectivity index (χ2n) is 6.82. The van der Waals surface area contributed by atoms with Gasteiger partial charge in [-0.15, -0.1) is 0 Å². The molecule has 2 atom stereocenters. The molecule has 0 saturated carbocycles. The molecule has 6 nitrogen and oxygen atoms in total. The molecule has 1 aromatic heterocycles. The van der Waals surface area contributed by atoms with Gasteiger partial charge in [-0.3, -0.25) is 14.4 Å². The van der Waals surface area contributed by atoms with Crippen LogP contribution in [-0.4, -0.2) is 40.0 Å². The lowest BCUT2D eigenvalue weighted by Crippen LogP contribution is -2.45. The molecular weight excluding hydrogens is 296 g/mol. The van der Waals surface area contributed by atoms with E-state index in [0.717, 1.165) is 5.69 Å². The molecule has 1 saturated heterocycles. The highest BCUT2D eigenvalue weighted by Gasteiger charge is 2.33. The number of carboxylic acid groups (broad SMARTS) is 1. The van der Waals surface area contributed by atoms with Crippen LogP contribution in [-0.2, 0) is 11.2 Å². The summed E-state index contributed by atoms with van der Waals surface area (Å²) < 4.78 is 0. The summed E-state index contributed by atoms with van der Waals surface area (Å²) in [7, 11) is 0. The molecule has 1 aliphatic rings. The van der Waals surface area contributed by atoms with E-state index < -0.39 is 11.9 Å². The minimum absolute atomic E-state index is 0.0951. The maximum absolute atomic E-state index is 12.6. The molecular formula is C17H24N2O4. The normalized spacial score (nSPS) is 21.5. The van der Waals surface area contributed by atoms with Gasteiger partial charge in [-0.2, -0.15) is 0 Å². The third-order valence-electron chi connectivity index (χ3n) is 4.28. The van der Waals surface area contributed by atoms with E-state index >= 15 is 0 Å². The van der Waals surface area contributed by atoms with Crippen LogP contribution >= 0.6 is 0 Å². The van der Waals surface area contributed by atoms with E-state index in [1.54, 1.807) is 11.0 Å². The zero-order chi connectivity index (χ0) is 17.1. The maximum Gasteiger partial charge on any atom is 0.306 e. The molecule has 1 aromatic rings. The van der Waals surface area contributed by atoms with Gasteiger partial charge in [0, 0.05) is 30.4 Å². The predicted octanol–water partition coefficient (Wildman–Crippen LogP) is 1.76. The molecule has 2 N–H and O–H groups in total. The van der Waals surface area contributed by atoms with Crippen LogP contribution in [0.25, 0.3) is 0 Å². The van der Waals surface area contributed by atoms with Crippen LogP contribution in [0.5, 0.6) is 0 Å². The van der Waals surface area contributed by atoms with Crippen LogP contribution in [0.2, 0.25) is 0 Å². The van der Waals surface area contributed by atoms with E-state index in [0.29, 0.717) is 37.4 Å². The minimum atomic E-state index is -0.806. The molecule has 1 amide bonds. The number of carboxylic acids is 1.